The van der Waals surface area contributed by atoms with E-state index in [4.69, 9.17) is 0 Å². The summed E-state index contributed by atoms with van der Waals surface area (Å²) in [6.07, 6.45) is 4.55. The van der Waals surface area contributed by atoms with Gasteiger partial charge in [0.05, 0.1) is 0 Å². The number of rotatable bonds is 9. The maximum Gasteiger partial charge on any atom is 0.0216 e. The molecule has 0 aliphatic rings. The van der Waals surface area contributed by atoms with Crippen molar-refractivity contribution in [3.8, 4) is 0 Å². The largest absolute Gasteiger partial charge is 0.317 e. The van der Waals surface area contributed by atoms with Crippen molar-refractivity contribution < 1.29 is 0 Å². The maximum atomic E-state index is 3.50. The highest BCUT2D eigenvalue weighted by Crippen LogP contribution is 2.19. The summed E-state index contributed by atoms with van der Waals surface area (Å²) in [5, 5.41) is 6.91. The Morgan fingerprint density at radius 3 is 2.59 bits per heavy atom. The molecule has 96 valence electrons. The van der Waals surface area contributed by atoms with Gasteiger partial charge in [0.15, 0.2) is 0 Å². The average Bonchev–Trinajstić information content (AvgIpc) is 2.38. The Morgan fingerprint density at radius 1 is 1.06 bits per heavy atom. The van der Waals surface area contributed by atoms with E-state index in [2.05, 4.69) is 48.1 Å². The second kappa shape index (κ2) is 9.51. The third kappa shape index (κ3) is 6.10. The first-order valence-corrected chi connectivity index (χ1v) is 7.64. The second-order valence-electron chi connectivity index (χ2n) is 4.09. The minimum Gasteiger partial charge on any atom is -0.317 e. The zero-order valence-corrected chi connectivity index (χ0v) is 11.8. The van der Waals surface area contributed by atoms with Crippen LogP contribution in [-0.4, -0.2) is 25.9 Å². The molecule has 0 atom stereocenters. The van der Waals surface area contributed by atoms with Crippen molar-refractivity contribution in [2.45, 2.75) is 31.2 Å². The summed E-state index contributed by atoms with van der Waals surface area (Å²) in [6.45, 7) is 6.51. The predicted octanol–water partition coefficient (Wildman–Crippen LogP) is 2.89. The lowest BCUT2D eigenvalue weighted by atomic mass is 10.2. The zero-order valence-electron chi connectivity index (χ0n) is 11.0. The molecule has 2 nitrogen and oxygen atoms in total. The minimum atomic E-state index is 0.977. The SMILES string of the molecule is CCCNCCCNCc1ccccc1SC. The Balaban J connectivity index is 2.13. The van der Waals surface area contributed by atoms with Crippen LogP contribution in [0.25, 0.3) is 0 Å². The Kier molecular flexibility index (Phi) is 8.14. The van der Waals surface area contributed by atoms with E-state index in [-0.39, 0.29) is 0 Å². The van der Waals surface area contributed by atoms with Gasteiger partial charge in [-0.1, -0.05) is 25.1 Å². The Morgan fingerprint density at radius 2 is 1.82 bits per heavy atom. The lowest BCUT2D eigenvalue weighted by Crippen LogP contribution is -2.22. The fourth-order valence-electron chi connectivity index (χ4n) is 1.71. The van der Waals surface area contributed by atoms with Gasteiger partial charge in [0.2, 0.25) is 0 Å². The van der Waals surface area contributed by atoms with Crippen molar-refractivity contribution in [2.24, 2.45) is 0 Å². The third-order valence-corrected chi connectivity index (χ3v) is 3.48. The molecule has 0 unspecified atom stereocenters. The van der Waals surface area contributed by atoms with Gasteiger partial charge in [-0.3, -0.25) is 0 Å². The van der Waals surface area contributed by atoms with Crippen LogP contribution in [0.4, 0.5) is 0 Å². The topological polar surface area (TPSA) is 24.1 Å². The van der Waals surface area contributed by atoms with Crippen molar-refractivity contribution >= 4 is 11.8 Å². The molecule has 1 rings (SSSR count). The fourth-order valence-corrected chi connectivity index (χ4v) is 2.33. The van der Waals surface area contributed by atoms with Crippen LogP contribution in [0.15, 0.2) is 29.2 Å². The van der Waals surface area contributed by atoms with Gasteiger partial charge in [0, 0.05) is 11.4 Å². The monoisotopic (exact) mass is 252 g/mol. The minimum absolute atomic E-state index is 0.977. The van der Waals surface area contributed by atoms with Crippen molar-refractivity contribution in [3.63, 3.8) is 0 Å². The van der Waals surface area contributed by atoms with Crippen molar-refractivity contribution in [1.82, 2.24) is 10.6 Å². The molecule has 0 spiro atoms. The zero-order chi connectivity index (χ0) is 12.3. The average molecular weight is 252 g/mol. The quantitative estimate of drug-likeness (QED) is 0.522. The summed E-state index contributed by atoms with van der Waals surface area (Å²) in [6, 6.07) is 8.60. The number of hydrogen-bond acceptors (Lipinski definition) is 3. The van der Waals surface area contributed by atoms with Gasteiger partial charge < -0.3 is 10.6 Å². The first-order valence-electron chi connectivity index (χ1n) is 6.41. The molecule has 1 aromatic carbocycles. The Labute approximate surface area is 110 Å². The van der Waals surface area contributed by atoms with Crippen LogP contribution in [0.2, 0.25) is 0 Å². The molecule has 0 aromatic heterocycles. The highest BCUT2D eigenvalue weighted by molar-refractivity contribution is 7.98. The molecule has 0 heterocycles. The molecule has 0 saturated carbocycles. The van der Waals surface area contributed by atoms with E-state index >= 15 is 0 Å². The molecule has 0 bridgehead atoms. The van der Waals surface area contributed by atoms with Gasteiger partial charge in [-0.2, -0.15) is 0 Å². The lowest BCUT2D eigenvalue weighted by molar-refractivity contribution is 0.590. The van der Waals surface area contributed by atoms with E-state index < -0.39 is 0 Å². The molecule has 2 N–H and O–H groups in total. The van der Waals surface area contributed by atoms with Gasteiger partial charge in [-0.15, -0.1) is 11.8 Å². The van der Waals surface area contributed by atoms with Crippen LogP contribution in [0.3, 0.4) is 0 Å². The van der Waals surface area contributed by atoms with E-state index in [0.717, 1.165) is 26.2 Å². The summed E-state index contributed by atoms with van der Waals surface area (Å²) in [5.74, 6) is 0. The van der Waals surface area contributed by atoms with Gasteiger partial charge in [-0.05, 0) is 50.4 Å². The summed E-state index contributed by atoms with van der Waals surface area (Å²) in [4.78, 5) is 1.38. The number of hydrogen-bond donors (Lipinski definition) is 2. The smallest absolute Gasteiger partial charge is 0.0216 e. The molecule has 0 aliphatic carbocycles. The van der Waals surface area contributed by atoms with E-state index in [1.54, 1.807) is 0 Å². The summed E-state index contributed by atoms with van der Waals surface area (Å²) in [7, 11) is 0. The summed E-state index contributed by atoms with van der Waals surface area (Å²) in [5.41, 5.74) is 1.40. The third-order valence-electron chi connectivity index (χ3n) is 2.64. The number of thioether (sulfide) groups is 1. The first-order chi connectivity index (χ1) is 8.38. The van der Waals surface area contributed by atoms with Crippen LogP contribution in [0.1, 0.15) is 25.3 Å². The molecule has 3 heteroatoms. The summed E-state index contributed by atoms with van der Waals surface area (Å²) >= 11 is 1.82. The van der Waals surface area contributed by atoms with Gasteiger partial charge >= 0.3 is 0 Å². The number of nitrogens with one attached hydrogen (secondary N) is 2. The van der Waals surface area contributed by atoms with Gasteiger partial charge in [-0.25, -0.2) is 0 Å². The van der Waals surface area contributed by atoms with Crippen molar-refractivity contribution in [1.29, 1.82) is 0 Å². The first kappa shape index (κ1) is 14.6. The van der Waals surface area contributed by atoms with Crippen molar-refractivity contribution in [2.75, 3.05) is 25.9 Å². The lowest BCUT2D eigenvalue weighted by Gasteiger charge is -2.09. The van der Waals surface area contributed by atoms with E-state index in [9.17, 15) is 0 Å². The van der Waals surface area contributed by atoms with E-state index in [1.165, 1.54) is 23.3 Å². The highest BCUT2D eigenvalue weighted by Gasteiger charge is 1.98. The standard InChI is InChI=1S/C14H24N2S/c1-3-9-15-10-6-11-16-12-13-7-4-5-8-14(13)17-2/h4-5,7-8,15-16H,3,6,9-12H2,1-2H3. The van der Waals surface area contributed by atoms with Crippen LogP contribution >= 0.6 is 11.8 Å². The molecule has 0 aliphatic heterocycles. The normalized spacial score (nSPS) is 10.7. The van der Waals surface area contributed by atoms with E-state index in [1.807, 2.05) is 11.8 Å². The molecule has 1 aromatic rings. The molecule has 17 heavy (non-hydrogen) atoms. The van der Waals surface area contributed by atoms with E-state index in [0.29, 0.717) is 0 Å². The second-order valence-corrected chi connectivity index (χ2v) is 4.94. The molecule has 0 amide bonds. The van der Waals surface area contributed by atoms with Gasteiger partial charge in [0.1, 0.15) is 0 Å². The molecular weight excluding hydrogens is 228 g/mol. The number of benzene rings is 1. The molecule has 0 saturated heterocycles. The summed E-state index contributed by atoms with van der Waals surface area (Å²) < 4.78 is 0. The van der Waals surface area contributed by atoms with Crippen LogP contribution in [-0.2, 0) is 6.54 Å². The molecular formula is C14H24N2S. The van der Waals surface area contributed by atoms with Crippen LogP contribution in [0, 0.1) is 0 Å². The Hall–Kier alpha value is -0.510. The van der Waals surface area contributed by atoms with Crippen LogP contribution in [0.5, 0.6) is 0 Å². The van der Waals surface area contributed by atoms with Crippen molar-refractivity contribution in [3.05, 3.63) is 29.8 Å². The van der Waals surface area contributed by atoms with Gasteiger partial charge in [0.25, 0.3) is 0 Å². The molecule has 0 fully saturated rings. The van der Waals surface area contributed by atoms with Crippen LogP contribution < -0.4 is 10.6 Å². The predicted molar refractivity (Wildman–Crippen MR) is 77.7 cm³/mol. The fraction of sp³-hybridized carbons (Fsp3) is 0.571. The molecule has 0 radical (unpaired) electrons. The highest BCUT2D eigenvalue weighted by atomic mass is 32.2. The maximum absolute atomic E-state index is 3.50. The Bertz CT molecular complexity index is 302.